The van der Waals surface area contributed by atoms with E-state index < -0.39 is 23.4 Å². The van der Waals surface area contributed by atoms with Gasteiger partial charge in [-0.25, -0.2) is 4.79 Å². The van der Waals surface area contributed by atoms with Crippen LogP contribution in [0.15, 0.2) is 30.3 Å². The number of nitrogens with zero attached hydrogens (tertiary/aromatic N) is 4. The molecule has 1 aromatic carbocycles. The van der Waals surface area contributed by atoms with Gasteiger partial charge in [0.05, 0.1) is 26.3 Å². The van der Waals surface area contributed by atoms with E-state index in [0.717, 1.165) is 10.6 Å². The largest absolute Gasteiger partial charge is 0.378 e. The van der Waals surface area contributed by atoms with Crippen LogP contribution in [0.2, 0.25) is 0 Å². The Morgan fingerprint density at radius 3 is 2.26 bits per heavy atom. The predicted molar refractivity (Wildman–Crippen MR) is 127 cm³/mol. The van der Waals surface area contributed by atoms with Crippen LogP contribution in [0.5, 0.6) is 0 Å². The van der Waals surface area contributed by atoms with Crippen LogP contribution in [-0.2, 0) is 25.5 Å². The molecular formula is C24H34N6O5. The normalized spacial score (nSPS) is 23.9. The molecule has 3 aliphatic rings. The minimum Gasteiger partial charge on any atom is -0.378 e. The summed E-state index contributed by atoms with van der Waals surface area (Å²) < 4.78 is 5.29. The third-order valence-electron chi connectivity index (χ3n) is 6.81. The van der Waals surface area contributed by atoms with E-state index in [0.29, 0.717) is 71.9 Å². The number of ether oxygens (including phenoxy) is 1. The molecule has 11 heteroatoms. The molecule has 3 fully saturated rings. The molecule has 11 nitrogen and oxygen atoms in total. The molecule has 0 saturated carbocycles. The maximum atomic E-state index is 12.9. The second-order valence-corrected chi connectivity index (χ2v) is 9.47. The van der Waals surface area contributed by atoms with Crippen LogP contribution in [-0.4, -0.2) is 115 Å². The number of nitrogens with one attached hydrogen (secondary N) is 2. The zero-order chi connectivity index (χ0) is 24.8. The summed E-state index contributed by atoms with van der Waals surface area (Å²) in [5.41, 5.74) is 2.47. The molecule has 1 atom stereocenters. The molecule has 0 unspecified atom stereocenters. The third-order valence-corrected chi connectivity index (χ3v) is 6.81. The second kappa shape index (κ2) is 11.1. The van der Waals surface area contributed by atoms with Gasteiger partial charge in [-0.05, 0) is 25.3 Å². The Labute approximate surface area is 205 Å². The molecule has 0 bridgehead atoms. The summed E-state index contributed by atoms with van der Waals surface area (Å²) in [4.78, 5) is 56.3. The first-order valence-electron chi connectivity index (χ1n) is 12.1. The Bertz CT molecular complexity index is 930. The number of carbonyl (C=O) groups excluding carboxylic acids is 4. The molecule has 0 aromatic heterocycles. The first-order valence-corrected chi connectivity index (χ1v) is 12.1. The molecule has 3 aliphatic heterocycles. The first kappa shape index (κ1) is 25.1. The molecule has 1 aromatic rings. The van der Waals surface area contributed by atoms with Crippen molar-refractivity contribution in [2.45, 2.75) is 25.3 Å². The average Bonchev–Trinajstić information content (AvgIpc) is 3.08. The fraction of sp³-hybridized carbons (Fsp3) is 0.583. The van der Waals surface area contributed by atoms with Gasteiger partial charge in [0.2, 0.25) is 5.91 Å². The molecule has 35 heavy (non-hydrogen) atoms. The fourth-order valence-electron chi connectivity index (χ4n) is 4.57. The number of hydrogen-bond donors (Lipinski definition) is 2. The van der Waals surface area contributed by atoms with Crippen molar-refractivity contribution in [3.8, 4) is 0 Å². The van der Waals surface area contributed by atoms with Gasteiger partial charge in [-0.2, -0.15) is 5.01 Å². The Morgan fingerprint density at radius 1 is 0.971 bits per heavy atom. The van der Waals surface area contributed by atoms with Crippen molar-refractivity contribution in [3.63, 3.8) is 0 Å². The predicted octanol–water partition coefficient (Wildman–Crippen LogP) is -0.563. The number of hydrogen-bond acceptors (Lipinski definition) is 7. The lowest BCUT2D eigenvalue weighted by Gasteiger charge is -2.35. The summed E-state index contributed by atoms with van der Waals surface area (Å²) >= 11 is 0. The van der Waals surface area contributed by atoms with E-state index in [4.69, 9.17) is 4.74 Å². The van der Waals surface area contributed by atoms with Crippen molar-refractivity contribution >= 4 is 23.8 Å². The molecule has 5 amide bonds. The van der Waals surface area contributed by atoms with Gasteiger partial charge in [0.15, 0.2) is 0 Å². The highest BCUT2D eigenvalue weighted by molar-refractivity contribution is 6.07. The van der Waals surface area contributed by atoms with Crippen molar-refractivity contribution in [1.29, 1.82) is 0 Å². The molecule has 0 radical (unpaired) electrons. The van der Waals surface area contributed by atoms with Crippen LogP contribution in [0.1, 0.15) is 18.9 Å². The zero-order valence-electron chi connectivity index (χ0n) is 20.2. The molecule has 190 valence electrons. The van der Waals surface area contributed by atoms with Crippen molar-refractivity contribution in [3.05, 3.63) is 35.9 Å². The van der Waals surface area contributed by atoms with Crippen molar-refractivity contribution in [2.75, 3.05) is 65.6 Å². The van der Waals surface area contributed by atoms with Crippen molar-refractivity contribution < 1.29 is 23.9 Å². The van der Waals surface area contributed by atoms with Crippen molar-refractivity contribution in [1.82, 2.24) is 30.5 Å². The van der Waals surface area contributed by atoms with Gasteiger partial charge >= 0.3 is 6.03 Å². The van der Waals surface area contributed by atoms with E-state index in [9.17, 15) is 19.2 Å². The number of carbonyl (C=O) groups is 4. The number of rotatable bonds is 8. The molecule has 2 N–H and O–H groups in total. The lowest BCUT2D eigenvalue weighted by molar-refractivity contribution is -0.139. The minimum absolute atomic E-state index is 0.0725. The van der Waals surface area contributed by atoms with Gasteiger partial charge in [0.1, 0.15) is 5.54 Å². The Kier molecular flexibility index (Phi) is 7.99. The number of hydrazine groups is 1. The Hall–Kier alpha value is -3.02. The topological polar surface area (TPSA) is 115 Å². The van der Waals surface area contributed by atoms with Crippen LogP contribution in [0.4, 0.5) is 4.79 Å². The highest BCUT2D eigenvalue weighted by Gasteiger charge is 2.48. The maximum Gasteiger partial charge on any atom is 0.344 e. The summed E-state index contributed by atoms with van der Waals surface area (Å²) in [7, 11) is 0. The zero-order valence-corrected chi connectivity index (χ0v) is 20.2. The Balaban J connectivity index is 1.20. The lowest BCUT2D eigenvalue weighted by atomic mass is 9.93. The maximum absolute atomic E-state index is 12.9. The molecular weight excluding hydrogens is 452 g/mol. The first-order chi connectivity index (χ1) is 16.8. The van der Waals surface area contributed by atoms with E-state index in [1.54, 1.807) is 6.92 Å². The molecule has 4 rings (SSSR count). The van der Waals surface area contributed by atoms with Gasteiger partial charge in [0, 0.05) is 39.3 Å². The number of benzene rings is 1. The van der Waals surface area contributed by atoms with Crippen LogP contribution >= 0.6 is 0 Å². The number of morpholine rings is 1. The summed E-state index contributed by atoms with van der Waals surface area (Å²) in [5, 5.41) is 3.52. The second-order valence-electron chi connectivity index (χ2n) is 9.47. The van der Waals surface area contributed by atoms with Gasteiger partial charge in [-0.15, -0.1) is 0 Å². The quantitative estimate of drug-likeness (QED) is 0.474. The SMILES string of the molecule is C[C@@]1(CCc2ccccc2)NC(=O)N(NC(=O)CN2CCN(CC(=O)N3CCOCC3)CC2)C1=O. The molecule has 3 saturated heterocycles. The van der Waals surface area contributed by atoms with Gasteiger partial charge < -0.3 is 15.0 Å². The number of imide groups is 1. The van der Waals surface area contributed by atoms with Crippen LogP contribution in [0.25, 0.3) is 0 Å². The summed E-state index contributed by atoms with van der Waals surface area (Å²) in [5.74, 6) is -0.773. The number of urea groups is 1. The van der Waals surface area contributed by atoms with Crippen LogP contribution < -0.4 is 10.7 Å². The summed E-state index contributed by atoms with van der Waals surface area (Å²) in [6.45, 7) is 7.13. The van der Waals surface area contributed by atoms with E-state index in [2.05, 4.69) is 15.6 Å². The smallest absolute Gasteiger partial charge is 0.344 e. The van der Waals surface area contributed by atoms with Crippen LogP contribution in [0, 0.1) is 0 Å². The molecule has 0 spiro atoms. The number of piperazine rings is 1. The number of amides is 5. The van der Waals surface area contributed by atoms with E-state index in [1.165, 1.54) is 0 Å². The van der Waals surface area contributed by atoms with E-state index in [1.807, 2.05) is 40.1 Å². The monoisotopic (exact) mass is 486 g/mol. The highest BCUT2D eigenvalue weighted by atomic mass is 16.5. The lowest BCUT2D eigenvalue weighted by Crippen LogP contribution is -2.55. The van der Waals surface area contributed by atoms with Crippen LogP contribution in [0.3, 0.4) is 0 Å². The fourth-order valence-corrected chi connectivity index (χ4v) is 4.57. The molecule has 0 aliphatic carbocycles. The van der Waals surface area contributed by atoms with Gasteiger partial charge in [-0.3, -0.25) is 29.6 Å². The van der Waals surface area contributed by atoms with E-state index in [-0.39, 0.29) is 12.5 Å². The third kappa shape index (κ3) is 6.36. The highest BCUT2D eigenvalue weighted by Crippen LogP contribution is 2.22. The van der Waals surface area contributed by atoms with E-state index >= 15 is 0 Å². The minimum atomic E-state index is -1.07. The molecule has 3 heterocycles. The Morgan fingerprint density at radius 2 is 1.60 bits per heavy atom. The number of aryl methyl sites for hydroxylation is 1. The van der Waals surface area contributed by atoms with Crippen molar-refractivity contribution in [2.24, 2.45) is 0 Å². The standard InChI is InChI=1S/C24H34N6O5/c1-24(8-7-19-5-3-2-4-6-19)22(33)30(23(34)25-24)26-20(31)17-27-9-11-28(12-10-27)18-21(32)29-13-15-35-16-14-29/h2-6H,7-18H2,1H3,(H,25,34)(H,26,31)/t24-/m0/s1. The average molecular weight is 487 g/mol. The van der Waals surface area contributed by atoms with Gasteiger partial charge in [0.25, 0.3) is 11.8 Å². The summed E-state index contributed by atoms with van der Waals surface area (Å²) in [6.07, 6.45) is 1.06. The summed E-state index contributed by atoms with van der Waals surface area (Å²) in [6, 6.07) is 9.12. The van der Waals surface area contributed by atoms with Gasteiger partial charge in [-0.1, -0.05) is 30.3 Å².